The van der Waals surface area contributed by atoms with Gasteiger partial charge in [0.25, 0.3) is 17.6 Å². The highest BCUT2D eigenvalue weighted by Gasteiger charge is 2.27. The molecule has 19 heavy (non-hydrogen) atoms. The highest BCUT2D eigenvalue weighted by Crippen LogP contribution is 2.19. The van der Waals surface area contributed by atoms with Gasteiger partial charge in [0, 0.05) is 20.7 Å². The lowest BCUT2D eigenvalue weighted by Crippen LogP contribution is -2.40. The fourth-order valence-corrected chi connectivity index (χ4v) is 1.31. The number of amides is 1. The van der Waals surface area contributed by atoms with Crippen molar-refractivity contribution in [3.8, 4) is 0 Å². The average molecular weight is 271 g/mol. The standard InChI is InChI=1S/C12H21N3O4/c1-12(2,3)8(16)6-15(4)11(17)10-13-9(7-18-5)19-14-10/h8,16H,6-7H2,1-5H3. The van der Waals surface area contributed by atoms with E-state index < -0.39 is 12.0 Å². The third-order valence-electron chi connectivity index (χ3n) is 2.72. The molecule has 0 bridgehead atoms. The Morgan fingerprint density at radius 2 is 2.16 bits per heavy atom. The summed E-state index contributed by atoms with van der Waals surface area (Å²) in [6.45, 7) is 6.08. The minimum Gasteiger partial charge on any atom is -0.391 e. The van der Waals surface area contributed by atoms with E-state index in [2.05, 4.69) is 10.1 Å². The molecule has 0 spiro atoms. The zero-order chi connectivity index (χ0) is 14.6. The Morgan fingerprint density at radius 3 is 2.68 bits per heavy atom. The second kappa shape index (κ2) is 6.12. The van der Waals surface area contributed by atoms with Crippen LogP contribution in [-0.4, -0.2) is 52.9 Å². The number of carbonyl (C=O) groups is 1. The van der Waals surface area contributed by atoms with Crippen LogP contribution in [-0.2, 0) is 11.3 Å². The van der Waals surface area contributed by atoms with Crippen molar-refractivity contribution in [2.24, 2.45) is 5.41 Å². The van der Waals surface area contributed by atoms with E-state index in [-0.39, 0.29) is 30.3 Å². The quantitative estimate of drug-likeness (QED) is 0.847. The van der Waals surface area contributed by atoms with Crippen molar-refractivity contribution < 1.29 is 19.2 Å². The summed E-state index contributed by atoms with van der Waals surface area (Å²) < 4.78 is 9.68. The van der Waals surface area contributed by atoms with Gasteiger partial charge in [-0.1, -0.05) is 25.9 Å². The van der Waals surface area contributed by atoms with Crippen molar-refractivity contribution in [1.82, 2.24) is 15.0 Å². The molecule has 1 heterocycles. The Kier molecular flexibility index (Phi) is 5.02. The molecule has 1 amide bonds. The Morgan fingerprint density at radius 1 is 1.53 bits per heavy atom. The number of ether oxygens (including phenoxy) is 1. The fraction of sp³-hybridized carbons (Fsp3) is 0.750. The van der Waals surface area contributed by atoms with Gasteiger partial charge in [0.05, 0.1) is 6.10 Å². The number of nitrogens with zero attached hydrogens (tertiary/aromatic N) is 3. The molecule has 0 aliphatic heterocycles. The molecule has 0 aromatic carbocycles. The minimum atomic E-state index is -0.633. The predicted molar refractivity (Wildman–Crippen MR) is 67.4 cm³/mol. The van der Waals surface area contributed by atoms with Crippen molar-refractivity contribution in [1.29, 1.82) is 0 Å². The third kappa shape index (κ3) is 4.29. The van der Waals surface area contributed by atoms with E-state index in [1.54, 1.807) is 7.05 Å². The van der Waals surface area contributed by atoms with Gasteiger partial charge in [0.1, 0.15) is 6.61 Å². The molecule has 0 saturated heterocycles. The Bertz CT molecular complexity index is 425. The van der Waals surface area contributed by atoms with Crippen LogP contribution >= 0.6 is 0 Å². The van der Waals surface area contributed by atoms with E-state index in [4.69, 9.17) is 9.26 Å². The van der Waals surface area contributed by atoms with Gasteiger partial charge in [-0.05, 0) is 5.41 Å². The number of hydrogen-bond acceptors (Lipinski definition) is 6. The molecule has 1 N–H and O–H groups in total. The van der Waals surface area contributed by atoms with E-state index >= 15 is 0 Å². The molecule has 0 saturated carbocycles. The number of aromatic nitrogens is 2. The first kappa shape index (κ1) is 15.6. The maximum atomic E-state index is 12.0. The van der Waals surface area contributed by atoms with Crippen molar-refractivity contribution in [2.45, 2.75) is 33.5 Å². The second-order valence-electron chi connectivity index (χ2n) is 5.51. The van der Waals surface area contributed by atoms with Gasteiger partial charge < -0.3 is 19.3 Å². The van der Waals surface area contributed by atoms with Gasteiger partial charge in [-0.25, -0.2) is 0 Å². The highest BCUT2D eigenvalue weighted by molar-refractivity contribution is 5.90. The van der Waals surface area contributed by atoms with E-state index in [9.17, 15) is 9.90 Å². The molecule has 0 radical (unpaired) electrons. The number of carbonyl (C=O) groups excluding carboxylic acids is 1. The number of aliphatic hydroxyl groups is 1. The van der Waals surface area contributed by atoms with Crippen molar-refractivity contribution in [3.63, 3.8) is 0 Å². The number of aliphatic hydroxyl groups excluding tert-OH is 1. The van der Waals surface area contributed by atoms with Crippen molar-refractivity contribution in [2.75, 3.05) is 20.7 Å². The first-order valence-electron chi connectivity index (χ1n) is 6.00. The van der Waals surface area contributed by atoms with Gasteiger partial charge in [-0.15, -0.1) is 0 Å². The molecule has 1 aromatic heterocycles. The number of likely N-dealkylation sites (N-methyl/N-ethyl adjacent to an activating group) is 1. The molecule has 1 aromatic rings. The second-order valence-corrected chi connectivity index (χ2v) is 5.51. The largest absolute Gasteiger partial charge is 0.391 e. The Hall–Kier alpha value is -1.47. The summed E-state index contributed by atoms with van der Waals surface area (Å²) in [4.78, 5) is 17.3. The number of rotatable bonds is 5. The van der Waals surface area contributed by atoms with E-state index in [1.165, 1.54) is 12.0 Å². The molecule has 7 nitrogen and oxygen atoms in total. The summed E-state index contributed by atoms with van der Waals surface area (Å²) in [6, 6.07) is 0. The van der Waals surface area contributed by atoms with Gasteiger partial charge in [0.2, 0.25) is 0 Å². The summed E-state index contributed by atoms with van der Waals surface area (Å²) in [5, 5.41) is 13.5. The van der Waals surface area contributed by atoms with Crippen LogP contribution in [0.2, 0.25) is 0 Å². The Balaban J connectivity index is 2.66. The Labute approximate surface area is 112 Å². The normalized spacial score (nSPS) is 13.4. The van der Waals surface area contributed by atoms with Crippen LogP contribution in [0.4, 0.5) is 0 Å². The van der Waals surface area contributed by atoms with Gasteiger partial charge in [-0.2, -0.15) is 4.98 Å². The highest BCUT2D eigenvalue weighted by atomic mass is 16.5. The van der Waals surface area contributed by atoms with Crippen LogP contribution in [0, 0.1) is 5.41 Å². The lowest BCUT2D eigenvalue weighted by atomic mass is 9.89. The molecule has 0 aliphatic carbocycles. The topological polar surface area (TPSA) is 88.7 Å². The summed E-state index contributed by atoms with van der Waals surface area (Å²) in [5.74, 6) is -0.180. The van der Waals surface area contributed by atoms with Crippen LogP contribution in [0.5, 0.6) is 0 Å². The van der Waals surface area contributed by atoms with E-state index in [1.807, 2.05) is 20.8 Å². The zero-order valence-corrected chi connectivity index (χ0v) is 12.0. The zero-order valence-electron chi connectivity index (χ0n) is 12.0. The lowest BCUT2D eigenvalue weighted by Gasteiger charge is -2.29. The maximum Gasteiger partial charge on any atom is 0.295 e. The molecular formula is C12H21N3O4. The average Bonchev–Trinajstić information content (AvgIpc) is 2.75. The fourth-order valence-electron chi connectivity index (χ4n) is 1.31. The molecule has 108 valence electrons. The van der Waals surface area contributed by atoms with Crippen LogP contribution in [0.15, 0.2) is 4.52 Å². The van der Waals surface area contributed by atoms with E-state index in [0.717, 1.165) is 0 Å². The molecule has 1 atom stereocenters. The van der Waals surface area contributed by atoms with Crippen LogP contribution < -0.4 is 0 Å². The van der Waals surface area contributed by atoms with Crippen molar-refractivity contribution in [3.05, 3.63) is 11.7 Å². The van der Waals surface area contributed by atoms with Crippen LogP contribution in [0.25, 0.3) is 0 Å². The van der Waals surface area contributed by atoms with Crippen LogP contribution in [0.1, 0.15) is 37.3 Å². The summed E-state index contributed by atoms with van der Waals surface area (Å²) in [6.07, 6.45) is -0.633. The summed E-state index contributed by atoms with van der Waals surface area (Å²) in [7, 11) is 3.08. The minimum absolute atomic E-state index is 0.0318. The van der Waals surface area contributed by atoms with E-state index in [0.29, 0.717) is 0 Å². The molecule has 1 rings (SSSR count). The van der Waals surface area contributed by atoms with Crippen LogP contribution in [0.3, 0.4) is 0 Å². The first-order chi connectivity index (χ1) is 8.75. The predicted octanol–water partition coefficient (Wildman–Crippen LogP) is 0.695. The molecule has 1 unspecified atom stereocenters. The molecule has 7 heteroatoms. The maximum absolute atomic E-state index is 12.0. The van der Waals surface area contributed by atoms with Gasteiger partial charge in [-0.3, -0.25) is 4.79 Å². The van der Waals surface area contributed by atoms with Gasteiger partial charge in [0.15, 0.2) is 0 Å². The van der Waals surface area contributed by atoms with Gasteiger partial charge >= 0.3 is 0 Å². The SMILES string of the molecule is COCc1nc(C(=O)N(C)CC(O)C(C)(C)C)no1. The summed E-state index contributed by atoms with van der Waals surface area (Å²) >= 11 is 0. The monoisotopic (exact) mass is 271 g/mol. The first-order valence-corrected chi connectivity index (χ1v) is 6.00. The third-order valence-corrected chi connectivity index (χ3v) is 2.72. The molecule has 0 aliphatic rings. The number of hydrogen-bond donors (Lipinski definition) is 1. The molecule has 0 fully saturated rings. The number of methoxy groups -OCH3 is 1. The summed E-state index contributed by atoms with van der Waals surface area (Å²) in [5.41, 5.74) is -0.299. The van der Waals surface area contributed by atoms with Crippen molar-refractivity contribution >= 4 is 5.91 Å². The molecular weight excluding hydrogens is 250 g/mol. The smallest absolute Gasteiger partial charge is 0.295 e. The lowest BCUT2D eigenvalue weighted by molar-refractivity contribution is 0.0305.